The molecule has 2 heteroatoms. The zero-order valence-electron chi connectivity index (χ0n) is 12.7. The van der Waals surface area contributed by atoms with E-state index in [9.17, 15) is 4.79 Å². The van der Waals surface area contributed by atoms with Crippen molar-refractivity contribution in [2.75, 3.05) is 0 Å². The predicted molar refractivity (Wildman–Crippen MR) is 77.3 cm³/mol. The van der Waals surface area contributed by atoms with Crippen molar-refractivity contribution in [3.05, 3.63) is 33.4 Å². The summed E-state index contributed by atoms with van der Waals surface area (Å²) >= 11 is 0. The molecule has 1 rings (SSSR count). The van der Waals surface area contributed by atoms with Gasteiger partial charge in [-0.25, -0.2) is 0 Å². The average Bonchev–Trinajstić information content (AvgIpc) is 2.34. The highest BCUT2D eigenvalue weighted by Gasteiger charge is 2.18. The van der Waals surface area contributed by atoms with Crippen LogP contribution in [0.2, 0.25) is 0 Å². The number of nitrogens with one attached hydrogen (secondary N) is 1. The monoisotopic (exact) mass is 247 g/mol. The second-order valence-electron chi connectivity index (χ2n) is 5.28. The fourth-order valence-corrected chi connectivity index (χ4v) is 2.24. The molecule has 0 fully saturated rings. The molecule has 0 heterocycles. The first kappa shape index (κ1) is 14.7. The van der Waals surface area contributed by atoms with Gasteiger partial charge in [-0.15, -0.1) is 0 Å². The first-order valence-electron chi connectivity index (χ1n) is 6.69. The van der Waals surface area contributed by atoms with Crippen LogP contribution in [0, 0.1) is 34.6 Å². The first-order valence-corrected chi connectivity index (χ1v) is 6.69. The molecule has 0 saturated carbocycles. The molecule has 0 bridgehead atoms. The van der Waals surface area contributed by atoms with Crippen LogP contribution in [0.25, 0.3) is 0 Å². The van der Waals surface area contributed by atoms with Gasteiger partial charge in [-0.3, -0.25) is 4.79 Å². The van der Waals surface area contributed by atoms with Crippen molar-refractivity contribution in [3.63, 3.8) is 0 Å². The molecule has 0 aromatic heterocycles. The molecule has 1 aromatic carbocycles. The minimum atomic E-state index is 0.0607. The Hall–Kier alpha value is -1.31. The molecule has 0 spiro atoms. The van der Waals surface area contributed by atoms with Gasteiger partial charge in [0.05, 0.1) is 0 Å². The van der Waals surface area contributed by atoms with Gasteiger partial charge in [0.25, 0.3) is 5.91 Å². The predicted octanol–water partition coefficient (Wildman–Crippen LogP) is 3.76. The number of hydrogen-bond donors (Lipinski definition) is 1. The van der Waals surface area contributed by atoms with Gasteiger partial charge in [0.15, 0.2) is 0 Å². The normalized spacial score (nSPS) is 12.4. The minimum absolute atomic E-state index is 0.0607. The van der Waals surface area contributed by atoms with Gasteiger partial charge in [-0.05, 0) is 75.8 Å². The smallest absolute Gasteiger partial charge is 0.252 e. The van der Waals surface area contributed by atoms with Crippen LogP contribution in [0.15, 0.2) is 0 Å². The van der Waals surface area contributed by atoms with Gasteiger partial charge >= 0.3 is 0 Å². The highest BCUT2D eigenvalue weighted by molar-refractivity contribution is 5.98. The second-order valence-corrected chi connectivity index (χ2v) is 5.28. The Morgan fingerprint density at radius 2 is 1.33 bits per heavy atom. The molecule has 1 atom stereocenters. The number of amides is 1. The van der Waals surface area contributed by atoms with Crippen LogP contribution in [0.3, 0.4) is 0 Å². The van der Waals surface area contributed by atoms with Gasteiger partial charge < -0.3 is 5.32 Å². The second kappa shape index (κ2) is 5.55. The fourth-order valence-electron chi connectivity index (χ4n) is 2.24. The lowest BCUT2D eigenvalue weighted by atomic mass is 9.89. The van der Waals surface area contributed by atoms with Gasteiger partial charge in [0.2, 0.25) is 0 Å². The minimum Gasteiger partial charge on any atom is -0.350 e. The Balaban J connectivity index is 3.29. The van der Waals surface area contributed by atoms with E-state index < -0.39 is 0 Å². The Morgan fingerprint density at radius 3 is 1.72 bits per heavy atom. The lowest BCUT2D eigenvalue weighted by molar-refractivity contribution is 0.0938. The molecule has 2 nitrogen and oxygen atoms in total. The largest absolute Gasteiger partial charge is 0.350 e. The van der Waals surface area contributed by atoms with Crippen LogP contribution in [-0.2, 0) is 0 Å². The molecule has 18 heavy (non-hydrogen) atoms. The molecule has 0 aliphatic rings. The zero-order chi connectivity index (χ0) is 14.0. The third-order valence-corrected chi connectivity index (χ3v) is 4.22. The van der Waals surface area contributed by atoms with E-state index in [4.69, 9.17) is 0 Å². The molecule has 1 N–H and O–H groups in total. The molecule has 0 aliphatic carbocycles. The van der Waals surface area contributed by atoms with E-state index in [1.807, 2.05) is 20.8 Å². The lowest BCUT2D eigenvalue weighted by Crippen LogP contribution is -2.33. The topological polar surface area (TPSA) is 29.1 Å². The van der Waals surface area contributed by atoms with Crippen LogP contribution >= 0.6 is 0 Å². The molecular formula is C16H25NO. The third kappa shape index (κ3) is 2.58. The van der Waals surface area contributed by atoms with Crippen molar-refractivity contribution >= 4 is 5.91 Å². The summed E-state index contributed by atoms with van der Waals surface area (Å²) < 4.78 is 0. The van der Waals surface area contributed by atoms with Crippen LogP contribution in [0.5, 0.6) is 0 Å². The maximum atomic E-state index is 12.4. The number of hydrogen-bond acceptors (Lipinski definition) is 1. The van der Waals surface area contributed by atoms with Crippen LogP contribution < -0.4 is 5.32 Å². The molecule has 0 aliphatic heterocycles. The Bertz CT molecular complexity index is 445. The average molecular weight is 247 g/mol. The summed E-state index contributed by atoms with van der Waals surface area (Å²) in [5.74, 6) is 0.0607. The molecular weight excluding hydrogens is 222 g/mol. The maximum Gasteiger partial charge on any atom is 0.252 e. The van der Waals surface area contributed by atoms with E-state index in [0.29, 0.717) is 0 Å². The highest BCUT2D eigenvalue weighted by atomic mass is 16.1. The quantitative estimate of drug-likeness (QED) is 0.865. The van der Waals surface area contributed by atoms with Crippen molar-refractivity contribution < 1.29 is 4.79 Å². The highest BCUT2D eigenvalue weighted by Crippen LogP contribution is 2.26. The Morgan fingerprint density at radius 1 is 0.944 bits per heavy atom. The van der Waals surface area contributed by atoms with Crippen molar-refractivity contribution in [2.45, 2.75) is 60.9 Å². The standard InChI is InChI=1S/C16H25NO/c1-8-9(2)17-16(18)15-13(6)11(4)10(3)12(5)14(15)7/h9H,8H2,1-7H3,(H,17,18). The summed E-state index contributed by atoms with van der Waals surface area (Å²) in [6.07, 6.45) is 0.952. The summed E-state index contributed by atoms with van der Waals surface area (Å²) in [6.45, 7) is 14.5. The molecule has 1 unspecified atom stereocenters. The summed E-state index contributed by atoms with van der Waals surface area (Å²) in [4.78, 5) is 12.4. The van der Waals surface area contributed by atoms with Crippen LogP contribution in [-0.4, -0.2) is 11.9 Å². The molecule has 1 aromatic rings. The van der Waals surface area contributed by atoms with E-state index >= 15 is 0 Å². The van der Waals surface area contributed by atoms with E-state index in [1.54, 1.807) is 0 Å². The van der Waals surface area contributed by atoms with E-state index in [2.05, 4.69) is 33.0 Å². The summed E-state index contributed by atoms with van der Waals surface area (Å²) in [7, 11) is 0. The van der Waals surface area contributed by atoms with E-state index in [1.165, 1.54) is 16.7 Å². The lowest BCUT2D eigenvalue weighted by Gasteiger charge is -2.20. The van der Waals surface area contributed by atoms with Gasteiger partial charge in [0, 0.05) is 11.6 Å². The van der Waals surface area contributed by atoms with Crippen molar-refractivity contribution in [3.8, 4) is 0 Å². The van der Waals surface area contributed by atoms with Gasteiger partial charge in [0.1, 0.15) is 0 Å². The van der Waals surface area contributed by atoms with Crippen LogP contribution in [0.1, 0.15) is 58.4 Å². The molecule has 100 valence electrons. The Kier molecular flexibility index (Phi) is 4.55. The van der Waals surface area contributed by atoms with Crippen molar-refractivity contribution in [1.82, 2.24) is 5.32 Å². The van der Waals surface area contributed by atoms with Crippen molar-refractivity contribution in [2.24, 2.45) is 0 Å². The zero-order valence-corrected chi connectivity index (χ0v) is 12.7. The van der Waals surface area contributed by atoms with E-state index in [-0.39, 0.29) is 11.9 Å². The van der Waals surface area contributed by atoms with Crippen molar-refractivity contribution in [1.29, 1.82) is 0 Å². The SMILES string of the molecule is CCC(C)NC(=O)c1c(C)c(C)c(C)c(C)c1C. The molecule has 0 radical (unpaired) electrons. The van der Waals surface area contributed by atoms with Crippen LogP contribution in [0.4, 0.5) is 0 Å². The molecule has 1 amide bonds. The number of carbonyl (C=O) groups excluding carboxylic acids is 1. The van der Waals surface area contributed by atoms with E-state index in [0.717, 1.165) is 23.1 Å². The molecule has 0 saturated heterocycles. The van der Waals surface area contributed by atoms with Gasteiger partial charge in [-0.1, -0.05) is 6.92 Å². The Labute approximate surface area is 111 Å². The number of carbonyl (C=O) groups is 1. The number of benzene rings is 1. The maximum absolute atomic E-state index is 12.4. The summed E-state index contributed by atoms with van der Waals surface area (Å²) in [6, 6.07) is 0.221. The number of rotatable bonds is 3. The van der Waals surface area contributed by atoms with Gasteiger partial charge in [-0.2, -0.15) is 0 Å². The third-order valence-electron chi connectivity index (χ3n) is 4.22. The summed E-state index contributed by atoms with van der Waals surface area (Å²) in [5, 5.41) is 3.06. The summed E-state index contributed by atoms with van der Waals surface area (Å²) in [5.41, 5.74) is 6.83. The first-order chi connectivity index (χ1) is 8.31. The fraction of sp³-hybridized carbons (Fsp3) is 0.562.